The number of aryl methyl sites for hydroxylation is 2. The summed E-state index contributed by atoms with van der Waals surface area (Å²) in [5.74, 6) is 2.59. The van der Waals surface area contributed by atoms with Crippen LogP contribution in [-0.2, 0) is 17.0 Å². The van der Waals surface area contributed by atoms with E-state index in [1.165, 1.54) is 5.56 Å². The Labute approximate surface area is 153 Å². The Morgan fingerprint density at radius 2 is 1.72 bits per heavy atom. The van der Waals surface area contributed by atoms with E-state index in [1.807, 2.05) is 43.3 Å². The first kappa shape index (κ1) is 19.2. The Morgan fingerprint density at radius 1 is 1.08 bits per heavy atom. The topological polar surface area (TPSA) is 47.6 Å². The number of carbonyl (C=O) groups excluding carboxylic acids is 1. The van der Waals surface area contributed by atoms with Crippen LogP contribution in [0.25, 0.3) is 0 Å². The molecular weight excluding hydrogens is 334 g/mol. The van der Waals surface area contributed by atoms with Crippen LogP contribution in [0.5, 0.6) is 11.5 Å². The second-order valence-corrected chi connectivity index (χ2v) is 6.71. The molecule has 0 saturated carbocycles. The molecule has 0 aromatic heterocycles. The van der Waals surface area contributed by atoms with Gasteiger partial charge in [-0.1, -0.05) is 19.1 Å². The highest BCUT2D eigenvalue weighted by Crippen LogP contribution is 2.31. The fourth-order valence-corrected chi connectivity index (χ4v) is 3.34. The van der Waals surface area contributed by atoms with Gasteiger partial charge in [0, 0.05) is 11.4 Å². The van der Waals surface area contributed by atoms with Crippen molar-refractivity contribution < 1.29 is 14.3 Å². The third kappa shape index (κ3) is 5.43. The van der Waals surface area contributed by atoms with Crippen LogP contribution in [0.3, 0.4) is 0 Å². The van der Waals surface area contributed by atoms with Crippen molar-refractivity contribution in [1.29, 1.82) is 0 Å². The minimum absolute atomic E-state index is 0.00683. The zero-order chi connectivity index (χ0) is 18.2. The predicted molar refractivity (Wildman–Crippen MR) is 105 cm³/mol. The number of hydrogen-bond acceptors (Lipinski definition) is 4. The van der Waals surface area contributed by atoms with E-state index in [9.17, 15) is 4.79 Å². The molecule has 1 amide bonds. The number of methoxy groups -OCH3 is 2. The first-order valence-corrected chi connectivity index (χ1v) is 9.40. The summed E-state index contributed by atoms with van der Waals surface area (Å²) in [7, 11) is 3.25. The van der Waals surface area contributed by atoms with Gasteiger partial charge in [-0.05, 0) is 54.3 Å². The monoisotopic (exact) mass is 359 g/mol. The number of rotatable bonds is 8. The summed E-state index contributed by atoms with van der Waals surface area (Å²) in [5.41, 5.74) is 4.37. The van der Waals surface area contributed by atoms with Crippen molar-refractivity contribution in [3.8, 4) is 11.5 Å². The number of ether oxygens (including phenoxy) is 2. The summed E-state index contributed by atoms with van der Waals surface area (Å²) in [6, 6.07) is 11.9. The Hall–Kier alpha value is -2.14. The van der Waals surface area contributed by atoms with Crippen molar-refractivity contribution in [2.24, 2.45) is 0 Å². The number of nitrogens with one attached hydrogen (secondary N) is 1. The van der Waals surface area contributed by atoms with Crippen LogP contribution in [-0.4, -0.2) is 25.9 Å². The van der Waals surface area contributed by atoms with Gasteiger partial charge in [-0.15, -0.1) is 11.8 Å². The minimum atomic E-state index is 0.00683. The summed E-state index contributed by atoms with van der Waals surface area (Å²) in [6.07, 6.45) is 0.995. The van der Waals surface area contributed by atoms with Gasteiger partial charge in [-0.3, -0.25) is 4.79 Å². The van der Waals surface area contributed by atoms with Crippen molar-refractivity contribution in [3.63, 3.8) is 0 Å². The normalized spacial score (nSPS) is 10.4. The van der Waals surface area contributed by atoms with Crippen LogP contribution < -0.4 is 14.8 Å². The van der Waals surface area contributed by atoms with Crippen LogP contribution in [0.2, 0.25) is 0 Å². The molecule has 0 fully saturated rings. The SMILES string of the molecule is CCc1ccc(NC(=O)CSCc2cc(OC)c(OC)cc2C)cc1. The van der Waals surface area contributed by atoms with Crippen molar-refractivity contribution in [3.05, 3.63) is 53.1 Å². The summed E-state index contributed by atoms with van der Waals surface area (Å²) >= 11 is 1.58. The largest absolute Gasteiger partial charge is 0.493 e. The number of amides is 1. The Balaban J connectivity index is 1.88. The van der Waals surface area contributed by atoms with Crippen LogP contribution in [0, 0.1) is 6.92 Å². The first-order chi connectivity index (χ1) is 12.1. The molecule has 0 aliphatic carbocycles. The highest BCUT2D eigenvalue weighted by molar-refractivity contribution is 7.99. The lowest BCUT2D eigenvalue weighted by atomic mass is 10.1. The lowest BCUT2D eigenvalue weighted by molar-refractivity contribution is -0.113. The fourth-order valence-electron chi connectivity index (χ4n) is 2.45. The van der Waals surface area contributed by atoms with E-state index in [0.717, 1.165) is 34.7 Å². The Morgan fingerprint density at radius 3 is 2.32 bits per heavy atom. The van der Waals surface area contributed by atoms with Crippen LogP contribution in [0.15, 0.2) is 36.4 Å². The fraction of sp³-hybridized carbons (Fsp3) is 0.350. The van der Waals surface area contributed by atoms with Crippen molar-refractivity contribution in [2.45, 2.75) is 26.0 Å². The molecule has 0 aliphatic heterocycles. The maximum atomic E-state index is 12.1. The van der Waals surface area contributed by atoms with Gasteiger partial charge in [0.1, 0.15) is 0 Å². The lowest BCUT2D eigenvalue weighted by Gasteiger charge is -2.12. The van der Waals surface area contributed by atoms with E-state index in [2.05, 4.69) is 12.2 Å². The molecule has 5 heteroatoms. The minimum Gasteiger partial charge on any atom is -0.493 e. The molecule has 0 heterocycles. The Bertz CT molecular complexity index is 714. The molecule has 0 atom stereocenters. The van der Waals surface area contributed by atoms with Crippen molar-refractivity contribution in [1.82, 2.24) is 0 Å². The standard InChI is InChI=1S/C20H25NO3S/c1-5-15-6-8-17(9-7-15)21-20(22)13-25-12-16-11-19(24-4)18(23-3)10-14(16)2/h6-11H,5,12-13H2,1-4H3,(H,21,22). The van der Waals surface area contributed by atoms with Gasteiger partial charge >= 0.3 is 0 Å². The van der Waals surface area contributed by atoms with Gasteiger partial charge in [-0.2, -0.15) is 0 Å². The molecule has 0 spiro atoms. The number of carbonyl (C=O) groups is 1. The summed E-state index contributed by atoms with van der Waals surface area (Å²) < 4.78 is 10.6. The van der Waals surface area contributed by atoms with Crippen LogP contribution >= 0.6 is 11.8 Å². The van der Waals surface area contributed by atoms with Crippen LogP contribution in [0.4, 0.5) is 5.69 Å². The molecule has 0 unspecified atom stereocenters. The van der Waals surface area contributed by atoms with Gasteiger partial charge in [0.2, 0.25) is 5.91 Å². The van der Waals surface area contributed by atoms with Gasteiger partial charge in [0.15, 0.2) is 11.5 Å². The number of thioether (sulfide) groups is 1. The van der Waals surface area contributed by atoms with Crippen molar-refractivity contribution in [2.75, 3.05) is 25.3 Å². The number of benzene rings is 2. The third-order valence-electron chi connectivity index (χ3n) is 3.98. The molecule has 0 aliphatic rings. The van der Waals surface area contributed by atoms with Gasteiger partial charge in [-0.25, -0.2) is 0 Å². The molecule has 1 N–H and O–H groups in total. The third-order valence-corrected chi connectivity index (χ3v) is 4.96. The molecule has 2 aromatic rings. The average molecular weight is 359 g/mol. The molecule has 0 saturated heterocycles. The molecule has 25 heavy (non-hydrogen) atoms. The molecule has 0 bridgehead atoms. The second-order valence-electron chi connectivity index (χ2n) is 5.73. The maximum Gasteiger partial charge on any atom is 0.234 e. The quantitative estimate of drug-likeness (QED) is 0.757. The van der Waals surface area contributed by atoms with E-state index < -0.39 is 0 Å². The molecule has 4 nitrogen and oxygen atoms in total. The number of hydrogen-bond donors (Lipinski definition) is 1. The second kappa shape index (κ2) is 9.37. The Kier molecular flexibility index (Phi) is 7.19. The smallest absolute Gasteiger partial charge is 0.234 e. The van der Waals surface area contributed by atoms with E-state index in [1.54, 1.807) is 26.0 Å². The average Bonchev–Trinajstić information content (AvgIpc) is 2.63. The predicted octanol–water partition coefficient (Wildman–Crippen LogP) is 4.45. The highest BCUT2D eigenvalue weighted by Gasteiger charge is 2.10. The molecule has 0 radical (unpaired) electrons. The zero-order valence-corrected chi connectivity index (χ0v) is 16.0. The summed E-state index contributed by atoms with van der Waals surface area (Å²) in [4.78, 5) is 12.1. The van der Waals surface area contributed by atoms with Crippen LogP contribution in [0.1, 0.15) is 23.6 Å². The summed E-state index contributed by atoms with van der Waals surface area (Å²) in [6.45, 7) is 4.15. The van der Waals surface area contributed by atoms with Crippen molar-refractivity contribution >= 4 is 23.4 Å². The summed E-state index contributed by atoms with van der Waals surface area (Å²) in [5, 5.41) is 2.93. The highest BCUT2D eigenvalue weighted by atomic mass is 32.2. The maximum absolute atomic E-state index is 12.1. The first-order valence-electron chi connectivity index (χ1n) is 8.25. The van der Waals surface area contributed by atoms with Gasteiger partial charge < -0.3 is 14.8 Å². The lowest BCUT2D eigenvalue weighted by Crippen LogP contribution is -2.14. The molecular formula is C20H25NO3S. The molecule has 134 valence electrons. The van der Waals surface area contributed by atoms with E-state index >= 15 is 0 Å². The van der Waals surface area contributed by atoms with E-state index in [0.29, 0.717) is 11.5 Å². The zero-order valence-electron chi connectivity index (χ0n) is 15.2. The van der Waals surface area contributed by atoms with Gasteiger partial charge in [0.05, 0.1) is 20.0 Å². The number of anilines is 1. The molecule has 2 aromatic carbocycles. The molecule has 2 rings (SSSR count). The van der Waals surface area contributed by atoms with E-state index in [4.69, 9.17) is 9.47 Å². The van der Waals surface area contributed by atoms with Gasteiger partial charge in [0.25, 0.3) is 0 Å². The van der Waals surface area contributed by atoms with E-state index in [-0.39, 0.29) is 5.91 Å².